The van der Waals surface area contributed by atoms with Gasteiger partial charge in [-0.05, 0) is 30.5 Å². The van der Waals surface area contributed by atoms with Gasteiger partial charge in [-0.1, -0.05) is 6.07 Å². The Morgan fingerprint density at radius 1 is 1.50 bits per heavy atom. The Hall–Kier alpha value is -1.88. The van der Waals surface area contributed by atoms with Crippen molar-refractivity contribution in [1.29, 1.82) is 0 Å². The average molecular weight is 246 g/mol. The molecule has 1 aromatic heterocycles. The molecule has 1 aromatic carbocycles. The highest BCUT2D eigenvalue weighted by molar-refractivity contribution is 5.81. The summed E-state index contributed by atoms with van der Waals surface area (Å²) in [7, 11) is 0. The highest BCUT2D eigenvalue weighted by Gasteiger charge is 2.22. The molecule has 5 heteroatoms. The van der Waals surface area contributed by atoms with Crippen molar-refractivity contribution in [3.8, 4) is 0 Å². The number of rotatable bonds is 3. The second-order valence-corrected chi connectivity index (χ2v) is 4.37. The first kappa shape index (κ1) is 11.2. The Bertz CT molecular complexity index is 558. The van der Waals surface area contributed by atoms with Crippen LogP contribution in [0.2, 0.25) is 0 Å². The van der Waals surface area contributed by atoms with E-state index in [0.717, 1.165) is 29.5 Å². The van der Waals surface area contributed by atoms with Gasteiger partial charge in [-0.25, -0.2) is 4.98 Å². The quantitative estimate of drug-likeness (QED) is 0.893. The predicted octanol–water partition coefficient (Wildman–Crippen LogP) is 1.62. The second kappa shape index (κ2) is 4.78. The van der Waals surface area contributed by atoms with Gasteiger partial charge in [-0.2, -0.15) is 0 Å². The summed E-state index contributed by atoms with van der Waals surface area (Å²) in [4.78, 5) is 15.8. The predicted molar refractivity (Wildman–Crippen MR) is 64.8 cm³/mol. The van der Waals surface area contributed by atoms with E-state index in [9.17, 15) is 4.79 Å². The summed E-state index contributed by atoms with van der Waals surface area (Å²) >= 11 is 0. The van der Waals surface area contributed by atoms with Crippen molar-refractivity contribution < 1.29 is 13.9 Å². The zero-order chi connectivity index (χ0) is 12.4. The lowest BCUT2D eigenvalue weighted by atomic mass is 10.2. The van der Waals surface area contributed by atoms with Gasteiger partial charge in [0.2, 0.25) is 5.91 Å². The van der Waals surface area contributed by atoms with Gasteiger partial charge in [0.1, 0.15) is 11.6 Å². The third-order valence-corrected chi connectivity index (χ3v) is 3.08. The van der Waals surface area contributed by atoms with Gasteiger partial charge in [0.05, 0.1) is 0 Å². The van der Waals surface area contributed by atoms with Crippen LogP contribution in [0.4, 0.5) is 0 Å². The first-order valence-corrected chi connectivity index (χ1v) is 6.04. The van der Waals surface area contributed by atoms with E-state index in [1.807, 2.05) is 18.2 Å². The topological polar surface area (TPSA) is 64.4 Å². The van der Waals surface area contributed by atoms with Crippen LogP contribution in [0.5, 0.6) is 0 Å². The molecule has 1 unspecified atom stereocenters. The summed E-state index contributed by atoms with van der Waals surface area (Å²) in [5, 5.41) is 2.87. The van der Waals surface area contributed by atoms with E-state index >= 15 is 0 Å². The largest absolute Gasteiger partial charge is 0.443 e. The number of carbonyl (C=O) groups excluding carboxylic acids is 1. The van der Waals surface area contributed by atoms with Crippen LogP contribution in [0.15, 0.2) is 29.0 Å². The summed E-state index contributed by atoms with van der Waals surface area (Å²) in [5.41, 5.74) is 2.55. The minimum Gasteiger partial charge on any atom is -0.443 e. The van der Waals surface area contributed by atoms with Crippen molar-refractivity contribution in [2.75, 3.05) is 6.61 Å². The van der Waals surface area contributed by atoms with E-state index in [4.69, 9.17) is 9.15 Å². The first-order valence-electron chi connectivity index (χ1n) is 6.04. The van der Waals surface area contributed by atoms with Gasteiger partial charge in [0, 0.05) is 13.2 Å². The monoisotopic (exact) mass is 246 g/mol. The number of hydrogen-bond acceptors (Lipinski definition) is 4. The first-order chi connectivity index (χ1) is 8.83. The van der Waals surface area contributed by atoms with Gasteiger partial charge < -0.3 is 14.5 Å². The normalized spacial score (nSPS) is 19.2. The van der Waals surface area contributed by atoms with Gasteiger partial charge in [0.25, 0.3) is 0 Å². The third kappa shape index (κ3) is 2.22. The van der Waals surface area contributed by atoms with E-state index in [2.05, 4.69) is 10.3 Å². The SMILES string of the molecule is O=C(NCc1ccc2ncoc2c1)C1CCCO1. The number of fused-ring (bicyclic) bond motifs is 1. The van der Waals surface area contributed by atoms with E-state index < -0.39 is 0 Å². The van der Waals surface area contributed by atoms with Crippen molar-refractivity contribution in [3.05, 3.63) is 30.2 Å². The van der Waals surface area contributed by atoms with Crippen LogP contribution < -0.4 is 5.32 Å². The summed E-state index contributed by atoms with van der Waals surface area (Å²) in [6.07, 6.45) is 2.91. The lowest BCUT2D eigenvalue weighted by molar-refractivity contribution is -0.130. The molecule has 5 nitrogen and oxygen atoms in total. The average Bonchev–Trinajstić information content (AvgIpc) is 3.05. The number of ether oxygens (including phenoxy) is 1. The highest BCUT2D eigenvalue weighted by atomic mass is 16.5. The molecule has 0 spiro atoms. The second-order valence-electron chi connectivity index (χ2n) is 4.37. The number of nitrogens with zero attached hydrogens (tertiary/aromatic N) is 1. The van der Waals surface area contributed by atoms with Crippen LogP contribution in [0.1, 0.15) is 18.4 Å². The van der Waals surface area contributed by atoms with Crippen LogP contribution in [0, 0.1) is 0 Å². The van der Waals surface area contributed by atoms with Gasteiger partial charge in [-0.15, -0.1) is 0 Å². The van der Waals surface area contributed by atoms with Gasteiger partial charge in [0.15, 0.2) is 12.0 Å². The Balaban J connectivity index is 1.63. The Morgan fingerprint density at radius 2 is 2.44 bits per heavy atom. The zero-order valence-corrected chi connectivity index (χ0v) is 9.89. The molecule has 0 saturated carbocycles. The van der Waals surface area contributed by atoms with Gasteiger partial charge in [-0.3, -0.25) is 4.79 Å². The lowest BCUT2D eigenvalue weighted by Gasteiger charge is -2.10. The Kier molecular flexibility index (Phi) is 2.98. The molecule has 1 fully saturated rings. The molecule has 1 aliphatic heterocycles. The summed E-state index contributed by atoms with van der Waals surface area (Å²) < 4.78 is 10.5. The molecule has 1 aliphatic rings. The lowest BCUT2D eigenvalue weighted by Crippen LogP contribution is -2.33. The molecule has 1 atom stereocenters. The smallest absolute Gasteiger partial charge is 0.249 e. The number of oxazole rings is 1. The van der Waals surface area contributed by atoms with Crippen molar-refractivity contribution >= 4 is 17.0 Å². The third-order valence-electron chi connectivity index (χ3n) is 3.08. The summed E-state index contributed by atoms with van der Waals surface area (Å²) in [6, 6.07) is 5.70. The van der Waals surface area contributed by atoms with E-state index in [0.29, 0.717) is 13.2 Å². The minimum atomic E-state index is -0.279. The van der Waals surface area contributed by atoms with Crippen LogP contribution in [-0.4, -0.2) is 23.6 Å². The molecule has 18 heavy (non-hydrogen) atoms. The molecular formula is C13H14N2O3. The van der Waals surface area contributed by atoms with E-state index in [1.165, 1.54) is 6.39 Å². The Morgan fingerprint density at radius 3 is 3.28 bits per heavy atom. The summed E-state index contributed by atoms with van der Waals surface area (Å²) in [6.45, 7) is 1.16. The van der Waals surface area contributed by atoms with Crippen LogP contribution >= 0.6 is 0 Å². The molecular weight excluding hydrogens is 232 g/mol. The molecule has 2 heterocycles. The number of benzene rings is 1. The number of aromatic nitrogens is 1. The van der Waals surface area contributed by atoms with Crippen LogP contribution in [-0.2, 0) is 16.1 Å². The number of nitrogens with one attached hydrogen (secondary N) is 1. The van der Waals surface area contributed by atoms with Crippen molar-refractivity contribution in [3.63, 3.8) is 0 Å². The molecule has 1 N–H and O–H groups in total. The summed E-state index contributed by atoms with van der Waals surface area (Å²) in [5.74, 6) is -0.0369. The standard InChI is InChI=1S/C13H14N2O3/c16-13(11-2-1-5-17-11)14-7-9-3-4-10-12(6-9)18-8-15-10/h3-4,6,8,11H,1-2,5,7H2,(H,14,16). The fourth-order valence-corrected chi connectivity index (χ4v) is 2.10. The Labute approximate surface area is 104 Å². The van der Waals surface area contributed by atoms with Crippen LogP contribution in [0.25, 0.3) is 11.1 Å². The van der Waals surface area contributed by atoms with Crippen molar-refractivity contribution in [2.24, 2.45) is 0 Å². The molecule has 0 radical (unpaired) electrons. The molecule has 1 amide bonds. The fraction of sp³-hybridized carbons (Fsp3) is 0.385. The minimum absolute atomic E-state index is 0.0369. The van der Waals surface area contributed by atoms with Crippen molar-refractivity contribution in [2.45, 2.75) is 25.5 Å². The maximum atomic E-state index is 11.8. The number of carbonyl (C=O) groups is 1. The van der Waals surface area contributed by atoms with E-state index in [1.54, 1.807) is 0 Å². The maximum absolute atomic E-state index is 11.8. The molecule has 0 aliphatic carbocycles. The molecule has 2 aromatic rings. The van der Waals surface area contributed by atoms with Gasteiger partial charge >= 0.3 is 0 Å². The highest BCUT2D eigenvalue weighted by Crippen LogP contribution is 2.15. The molecule has 0 bridgehead atoms. The fourth-order valence-electron chi connectivity index (χ4n) is 2.10. The number of amides is 1. The molecule has 3 rings (SSSR count). The molecule has 94 valence electrons. The van der Waals surface area contributed by atoms with E-state index in [-0.39, 0.29) is 12.0 Å². The zero-order valence-electron chi connectivity index (χ0n) is 9.89. The maximum Gasteiger partial charge on any atom is 0.249 e. The molecule has 1 saturated heterocycles. The number of hydrogen-bond donors (Lipinski definition) is 1. The van der Waals surface area contributed by atoms with Crippen LogP contribution in [0.3, 0.4) is 0 Å². The van der Waals surface area contributed by atoms with Crippen molar-refractivity contribution in [1.82, 2.24) is 10.3 Å².